The molecule has 0 fully saturated rings. The van der Waals surface area contributed by atoms with Gasteiger partial charge >= 0.3 is 0 Å². The van der Waals surface area contributed by atoms with Gasteiger partial charge in [-0.15, -0.1) is 0 Å². The van der Waals surface area contributed by atoms with Gasteiger partial charge in [0, 0.05) is 5.69 Å². The minimum atomic E-state index is -0.660. The third-order valence-electron chi connectivity index (χ3n) is 3.95. The molecule has 3 aromatic carbocycles. The van der Waals surface area contributed by atoms with E-state index < -0.39 is 6.10 Å². The third kappa shape index (κ3) is 2.87. The van der Waals surface area contributed by atoms with Crippen molar-refractivity contribution in [3.05, 3.63) is 89.5 Å². The van der Waals surface area contributed by atoms with E-state index in [9.17, 15) is 5.11 Å². The summed E-state index contributed by atoms with van der Waals surface area (Å²) < 4.78 is 0. The van der Waals surface area contributed by atoms with Gasteiger partial charge in [-0.2, -0.15) is 0 Å². The molecule has 0 saturated heterocycles. The van der Waals surface area contributed by atoms with Gasteiger partial charge < -0.3 is 10.8 Å². The van der Waals surface area contributed by atoms with E-state index in [1.807, 2.05) is 67.6 Å². The molecule has 3 N–H and O–H groups in total. The molecule has 0 unspecified atom stereocenters. The number of aliphatic hydroxyl groups excluding tert-OH is 1. The molecular formula is C20H19NO. The summed E-state index contributed by atoms with van der Waals surface area (Å²) in [5, 5.41) is 10.5. The number of nitrogen functional groups attached to an aromatic ring is 1. The molecule has 2 heteroatoms. The van der Waals surface area contributed by atoms with Crippen molar-refractivity contribution in [3.8, 4) is 11.1 Å². The minimum Gasteiger partial charge on any atom is -0.399 e. The molecule has 0 spiro atoms. The Morgan fingerprint density at radius 3 is 2.00 bits per heavy atom. The summed E-state index contributed by atoms with van der Waals surface area (Å²) in [4.78, 5) is 0. The predicted octanol–water partition coefficient (Wildman–Crippen LogP) is 4.33. The van der Waals surface area contributed by atoms with E-state index in [0.29, 0.717) is 5.69 Å². The second kappa shape index (κ2) is 6.04. The van der Waals surface area contributed by atoms with E-state index >= 15 is 0 Å². The van der Waals surface area contributed by atoms with Crippen LogP contribution in [-0.2, 0) is 0 Å². The fourth-order valence-corrected chi connectivity index (χ4v) is 2.51. The number of hydrogen-bond donors (Lipinski definition) is 2. The Hall–Kier alpha value is -2.58. The van der Waals surface area contributed by atoms with Crippen LogP contribution in [0.5, 0.6) is 0 Å². The molecule has 0 amide bonds. The third-order valence-corrected chi connectivity index (χ3v) is 3.95. The molecule has 0 aliphatic heterocycles. The van der Waals surface area contributed by atoms with Gasteiger partial charge in [-0.1, -0.05) is 66.7 Å². The fraction of sp³-hybridized carbons (Fsp3) is 0.100. The molecule has 3 rings (SSSR count). The van der Waals surface area contributed by atoms with Gasteiger partial charge in [0.15, 0.2) is 0 Å². The standard InChI is InChI=1S/C20H19NO/c1-14-7-8-18(13-19(14)21)20(22)17-11-9-16(10-12-17)15-5-3-2-4-6-15/h2-13,20,22H,21H2,1H3/t20-/m0/s1. The van der Waals surface area contributed by atoms with E-state index in [4.69, 9.17) is 5.73 Å². The molecule has 3 aromatic rings. The lowest BCUT2D eigenvalue weighted by Crippen LogP contribution is -2.01. The van der Waals surface area contributed by atoms with Crippen LogP contribution >= 0.6 is 0 Å². The normalized spacial score (nSPS) is 12.1. The van der Waals surface area contributed by atoms with Crippen LogP contribution in [0.25, 0.3) is 11.1 Å². The first kappa shape index (κ1) is 14.4. The average Bonchev–Trinajstić information content (AvgIpc) is 2.58. The quantitative estimate of drug-likeness (QED) is 0.705. The Kier molecular flexibility index (Phi) is 3.94. The largest absolute Gasteiger partial charge is 0.399 e. The van der Waals surface area contributed by atoms with Crippen LogP contribution in [0.1, 0.15) is 22.8 Å². The van der Waals surface area contributed by atoms with Gasteiger partial charge in [0.25, 0.3) is 0 Å². The number of anilines is 1. The summed E-state index contributed by atoms with van der Waals surface area (Å²) in [6.07, 6.45) is -0.660. The summed E-state index contributed by atoms with van der Waals surface area (Å²) in [5.41, 5.74) is 11.6. The molecule has 0 heterocycles. The fourth-order valence-electron chi connectivity index (χ4n) is 2.51. The Balaban J connectivity index is 1.87. The molecule has 2 nitrogen and oxygen atoms in total. The molecular weight excluding hydrogens is 270 g/mol. The van der Waals surface area contributed by atoms with Crippen molar-refractivity contribution < 1.29 is 5.11 Å². The molecule has 0 radical (unpaired) electrons. The highest BCUT2D eigenvalue weighted by Gasteiger charge is 2.11. The van der Waals surface area contributed by atoms with Crippen molar-refractivity contribution in [3.63, 3.8) is 0 Å². The van der Waals surface area contributed by atoms with Gasteiger partial charge in [0.05, 0.1) is 0 Å². The van der Waals surface area contributed by atoms with Crippen molar-refractivity contribution >= 4 is 5.69 Å². The number of rotatable bonds is 3. The second-order valence-corrected chi connectivity index (χ2v) is 5.51. The molecule has 0 aliphatic rings. The van der Waals surface area contributed by atoms with E-state index in [0.717, 1.165) is 22.3 Å². The molecule has 1 atom stereocenters. The van der Waals surface area contributed by atoms with E-state index in [-0.39, 0.29) is 0 Å². The zero-order chi connectivity index (χ0) is 15.5. The Morgan fingerprint density at radius 1 is 0.773 bits per heavy atom. The highest BCUT2D eigenvalue weighted by molar-refractivity contribution is 5.63. The van der Waals surface area contributed by atoms with Gasteiger partial charge in [-0.3, -0.25) is 0 Å². The van der Waals surface area contributed by atoms with E-state index in [1.165, 1.54) is 5.56 Å². The van der Waals surface area contributed by atoms with E-state index in [1.54, 1.807) is 0 Å². The highest BCUT2D eigenvalue weighted by atomic mass is 16.3. The second-order valence-electron chi connectivity index (χ2n) is 5.51. The maximum absolute atomic E-state index is 10.5. The lowest BCUT2D eigenvalue weighted by molar-refractivity contribution is 0.220. The van der Waals surface area contributed by atoms with Crippen LogP contribution < -0.4 is 5.73 Å². The lowest BCUT2D eigenvalue weighted by atomic mass is 9.97. The highest BCUT2D eigenvalue weighted by Crippen LogP contribution is 2.27. The van der Waals surface area contributed by atoms with E-state index in [2.05, 4.69) is 12.1 Å². The van der Waals surface area contributed by atoms with Crippen molar-refractivity contribution in [2.45, 2.75) is 13.0 Å². The maximum atomic E-state index is 10.5. The monoisotopic (exact) mass is 289 g/mol. The van der Waals surface area contributed by atoms with Gasteiger partial charge in [-0.05, 0) is 40.8 Å². The summed E-state index contributed by atoms with van der Waals surface area (Å²) in [6.45, 7) is 1.96. The molecule has 22 heavy (non-hydrogen) atoms. The molecule has 0 bridgehead atoms. The summed E-state index contributed by atoms with van der Waals surface area (Å²) >= 11 is 0. The SMILES string of the molecule is Cc1ccc([C@@H](O)c2ccc(-c3ccccc3)cc2)cc1N. The van der Waals surface area contributed by atoms with Crippen LogP contribution in [0.15, 0.2) is 72.8 Å². The predicted molar refractivity (Wildman–Crippen MR) is 91.5 cm³/mol. The van der Waals surface area contributed by atoms with Crippen molar-refractivity contribution in [1.82, 2.24) is 0 Å². The van der Waals surface area contributed by atoms with Gasteiger partial charge in [0.1, 0.15) is 6.10 Å². The molecule has 110 valence electrons. The van der Waals surface area contributed by atoms with Crippen LogP contribution in [0.4, 0.5) is 5.69 Å². The Morgan fingerprint density at radius 2 is 1.36 bits per heavy atom. The van der Waals surface area contributed by atoms with Crippen molar-refractivity contribution in [1.29, 1.82) is 0 Å². The lowest BCUT2D eigenvalue weighted by Gasteiger charge is -2.14. The number of nitrogens with two attached hydrogens (primary N) is 1. The summed E-state index contributed by atoms with van der Waals surface area (Å²) in [7, 11) is 0. The number of hydrogen-bond acceptors (Lipinski definition) is 2. The minimum absolute atomic E-state index is 0.660. The average molecular weight is 289 g/mol. The first-order chi connectivity index (χ1) is 10.6. The number of aryl methyl sites for hydroxylation is 1. The number of aliphatic hydroxyl groups is 1. The van der Waals surface area contributed by atoms with Crippen molar-refractivity contribution in [2.75, 3.05) is 5.73 Å². The summed E-state index contributed by atoms with van der Waals surface area (Å²) in [5.74, 6) is 0. The van der Waals surface area contributed by atoms with Gasteiger partial charge in [0.2, 0.25) is 0 Å². The molecule has 0 aromatic heterocycles. The Bertz CT molecular complexity index is 763. The molecule has 0 aliphatic carbocycles. The van der Waals surface area contributed by atoms with Crippen LogP contribution in [0.3, 0.4) is 0 Å². The first-order valence-electron chi connectivity index (χ1n) is 7.34. The smallest absolute Gasteiger partial charge is 0.104 e. The van der Waals surface area contributed by atoms with Crippen molar-refractivity contribution in [2.24, 2.45) is 0 Å². The first-order valence-corrected chi connectivity index (χ1v) is 7.34. The molecule has 0 saturated carbocycles. The van der Waals surface area contributed by atoms with Crippen LogP contribution in [0.2, 0.25) is 0 Å². The van der Waals surface area contributed by atoms with Gasteiger partial charge in [-0.25, -0.2) is 0 Å². The zero-order valence-electron chi connectivity index (χ0n) is 12.5. The Labute approximate surface area is 130 Å². The topological polar surface area (TPSA) is 46.2 Å². The maximum Gasteiger partial charge on any atom is 0.104 e. The van der Waals surface area contributed by atoms with Crippen LogP contribution in [0, 0.1) is 6.92 Å². The number of benzene rings is 3. The summed E-state index contributed by atoms with van der Waals surface area (Å²) in [6, 6.07) is 23.9. The zero-order valence-corrected chi connectivity index (χ0v) is 12.5. The van der Waals surface area contributed by atoms with Crippen LogP contribution in [-0.4, -0.2) is 5.11 Å².